The molecule has 3 aromatic carbocycles. The number of aryl methyl sites for hydroxylation is 1. The fourth-order valence-corrected chi connectivity index (χ4v) is 6.33. The Morgan fingerprint density at radius 3 is 1.74 bits per heavy atom. The maximum Gasteiger partial charge on any atom is 0.463 e. The Balaban J connectivity index is 1.66. The first kappa shape index (κ1) is 22.1. The molecule has 0 atom stereocenters. The number of amidine groups is 2. The van der Waals surface area contributed by atoms with Crippen LogP contribution in [0.3, 0.4) is 0 Å². The van der Waals surface area contributed by atoms with Crippen LogP contribution in [-0.4, -0.2) is 25.5 Å². The Labute approximate surface area is 222 Å². The van der Waals surface area contributed by atoms with Crippen LogP contribution in [0.4, 0.5) is 33.6 Å². The lowest BCUT2D eigenvalue weighted by atomic mass is 10.1. The van der Waals surface area contributed by atoms with Gasteiger partial charge in [0, 0.05) is 32.7 Å². The minimum atomic E-state index is -1.10. The molecule has 0 unspecified atom stereocenters. The lowest BCUT2D eigenvalue weighted by Crippen LogP contribution is -2.44. The molecule has 38 heavy (non-hydrogen) atoms. The monoisotopic (exact) mass is 626 g/mol. The SMILES string of the molecule is Cc1cc2c3n4c(c2cc1F)/N=C1N=C(/N=c2/c5cc(F)c(F)cc5c(n2B4I)=N3)c2cc(F)c(F)cc2\1. The van der Waals surface area contributed by atoms with Crippen molar-refractivity contribution in [3.63, 3.8) is 0 Å². The summed E-state index contributed by atoms with van der Waals surface area (Å²) >= 11 is 2.12. The van der Waals surface area contributed by atoms with Gasteiger partial charge in [-0.2, -0.15) is 0 Å². The highest BCUT2D eigenvalue weighted by Crippen LogP contribution is 2.42. The van der Waals surface area contributed by atoms with Gasteiger partial charge in [-0.15, -0.1) is 0 Å². The number of rotatable bonds is 0. The highest BCUT2D eigenvalue weighted by atomic mass is 127. The van der Waals surface area contributed by atoms with Gasteiger partial charge in [0.25, 0.3) is 0 Å². The third-order valence-electron chi connectivity index (χ3n) is 7.05. The molecule has 2 aromatic heterocycles. The van der Waals surface area contributed by atoms with Crippen LogP contribution in [0.15, 0.2) is 56.4 Å². The summed E-state index contributed by atoms with van der Waals surface area (Å²) in [5.41, 5.74) is 1.27. The Hall–Kier alpha value is -3.88. The van der Waals surface area contributed by atoms with E-state index in [1.165, 1.54) is 6.07 Å². The Bertz CT molecular complexity index is 2180. The van der Waals surface area contributed by atoms with E-state index in [1.807, 2.05) is 0 Å². The predicted octanol–water partition coefficient (Wildman–Crippen LogP) is 5.15. The molecule has 4 bridgehead atoms. The zero-order valence-corrected chi connectivity index (χ0v) is 21.2. The zero-order chi connectivity index (χ0) is 26.2. The van der Waals surface area contributed by atoms with Crippen LogP contribution in [0.25, 0.3) is 21.5 Å². The number of hydrogen-bond acceptors (Lipinski definition) is 4. The van der Waals surface area contributed by atoms with Gasteiger partial charge in [0.1, 0.15) is 28.4 Å². The van der Waals surface area contributed by atoms with Crippen LogP contribution < -0.4 is 11.0 Å². The molecule has 3 aliphatic heterocycles. The van der Waals surface area contributed by atoms with Crippen LogP contribution in [0, 0.1) is 36.0 Å². The minimum Gasteiger partial charge on any atom is -0.324 e. The van der Waals surface area contributed by atoms with Gasteiger partial charge in [-0.1, -0.05) is 22.4 Å². The van der Waals surface area contributed by atoms with Crippen molar-refractivity contribution in [2.24, 2.45) is 20.0 Å². The fourth-order valence-electron chi connectivity index (χ4n) is 5.27. The molecule has 0 aliphatic carbocycles. The Morgan fingerprint density at radius 2 is 1.08 bits per heavy atom. The van der Waals surface area contributed by atoms with Gasteiger partial charge >= 0.3 is 4.84 Å². The second-order valence-corrected chi connectivity index (χ2v) is 10.3. The third-order valence-corrected chi connectivity index (χ3v) is 8.17. The van der Waals surface area contributed by atoms with E-state index in [0.29, 0.717) is 38.8 Å². The van der Waals surface area contributed by atoms with E-state index in [-0.39, 0.29) is 33.7 Å². The van der Waals surface area contributed by atoms with E-state index < -0.39 is 33.9 Å². The van der Waals surface area contributed by atoms with E-state index in [9.17, 15) is 22.0 Å². The normalized spacial score (nSPS) is 17.1. The molecular formula is C25H9BF5IN6. The first-order valence-corrected chi connectivity index (χ1v) is 12.6. The summed E-state index contributed by atoms with van der Waals surface area (Å²) in [6.07, 6.45) is 0. The maximum absolute atomic E-state index is 14.8. The number of aliphatic imine (C=N–C) groups is 2. The first-order valence-electron chi connectivity index (χ1n) is 11.3. The smallest absolute Gasteiger partial charge is 0.324 e. The predicted molar refractivity (Wildman–Crippen MR) is 140 cm³/mol. The van der Waals surface area contributed by atoms with Gasteiger partial charge in [-0.3, -0.25) is 0 Å². The van der Waals surface area contributed by atoms with Crippen molar-refractivity contribution in [3.8, 4) is 0 Å². The lowest BCUT2D eigenvalue weighted by Gasteiger charge is -2.19. The number of hydrogen-bond donors (Lipinski definition) is 0. The molecule has 3 aliphatic rings. The van der Waals surface area contributed by atoms with Crippen molar-refractivity contribution >= 4 is 72.1 Å². The average molecular weight is 626 g/mol. The summed E-state index contributed by atoms with van der Waals surface area (Å²) in [7, 11) is 0. The number of benzene rings is 3. The molecular weight excluding hydrogens is 617 g/mol. The van der Waals surface area contributed by atoms with Crippen molar-refractivity contribution in [3.05, 3.63) is 93.2 Å². The molecule has 6 nitrogen and oxygen atoms in total. The first-order chi connectivity index (χ1) is 18.2. The second-order valence-electron chi connectivity index (χ2n) is 9.21. The summed E-state index contributed by atoms with van der Waals surface area (Å²) in [5.74, 6) is -3.99. The van der Waals surface area contributed by atoms with Gasteiger partial charge in [-0.05, 0) is 48.9 Å². The lowest BCUT2D eigenvalue weighted by molar-refractivity contribution is 0.508. The average Bonchev–Trinajstić information content (AvgIpc) is 3.45. The second kappa shape index (κ2) is 7.15. The highest BCUT2D eigenvalue weighted by Gasteiger charge is 2.36. The molecule has 0 amide bonds. The van der Waals surface area contributed by atoms with Crippen LogP contribution in [0.2, 0.25) is 0 Å². The summed E-state index contributed by atoms with van der Waals surface area (Å²) < 4.78 is 75.8. The van der Waals surface area contributed by atoms with E-state index in [1.54, 1.807) is 21.9 Å². The summed E-state index contributed by atoms with van der Waals surface area (Å²) in [4.78, 5) is 18.0. The minimum absolute atomic E-state index is 0.0188. The molecule has 0 saturated carbocycles. The van der Waals surface area contributed by atoms with Crippen molar-refractivity contribution in [1.29, 1.82) is 0 Å². The van der Waals surface area contributed by atoms with Crippen LogP contribution in [0.1, 0.15) is 16.7 Å². The largest absolute Gasteiger partial charge is 0.463 e. The molecule has 8 rings (SSSR count). The van der Waals surface area contributed by atoms with Crippen LogP contribution in [-0.2, 0) is 0 Å². The molecule has 5 aromatic rings. The van der Waals surface area contributed by atoms with Gasteiger partial charge < -0.3 is 8.96 Å². The van der Waals surface area contributed by atoms with Crippen LogP contribution >= 0.6 is 22.4 Å². The van der Waals surface area contributed by atoms with Gasteiger partial charge in [-0.25, -0.2) is 41.9 Å². The molecule has 0 spiro atoms. The van der Waals surface area contributed by atoms with E-state index in [0.717, 1.165) is 24.3 Å². The van der Waals surface area contributed by atoms with Gasteiger partial charge in [0.2, 0.25) is 0 Å². The van der Waals surface area contributed by atoms with Crippen molar-refractivity contribution < 1.29 is 22.0 Å². The van der Waals surface area contributed by atoms with Crippen molar-refractivity contribution in [2.75, 3.05) is 0 Å². The summed E-state index contributed by atoms with van der Waals surface area (Å²) in [6, 6.07) is 7.03. The summed E-state index contributed by atoms with van der Waals surface area (Å²) in [5, 5.41) is 1.58. The number of fused-ring (bicyclic) bond motifs is 10. The quantitative estimate of drug-likeness (QED) is 0.130. The molecule has 13 heteroatoms. The van der Waals surface area contributed by atoms with Gasteiger partial charge in [0.05, 0.1) is 0 Å². The van der Waals surface area contributed by atoms with Crippen molar-refractivity contribution in [1.82, 2.24) is 8.96 Å². The Kier molecular flexibility index (Phi) is 4.17. The standard InChI is InChI=1S/C25H9BF5IN6/c1-8-2-11-12(5-15(8)27)22-34-20-9-3-16(28)17(29)4-10(9)21(33-20)35-23-13-6-18(30)19(31)7-14(13)25-36-24(11)37(22)26(32)38(23)25/h2-7H,1H3/b34-20-,34-22?,35-21?,35-23-. The maximum atomic E-state index is 14.8. The Morgan fingerprint density at radius 1 is 0.579 bits per heavy atom. The molecule has 5 heterocycles. The van der Waals surface area contributed by atoms with Crippen molar-refractivity contribution in [2.45, 2.75) is 6.92 Å². The molecule has 184 valence electrons. The number of nitrogens with zero attached hydrogens (tertiary/aromatic N) is 6. The fraction of sp³-hybridized carbons (Fsp3) is 0.0400. The third kappa shape index (κ3) is 2.66. The number of aromatic nitrogens is 2. The molecule has 0 radical (unpaired) electrons. The molecule has 0 N–H and O–H groups in total. The number of halogens is 6. The molecule has 0 saturated heterocycles. The van der Waals surface area contributed by atoms with E-state index in [4.69, 9.17) is 9.98 Å². The highest BCUT2D eigenvalue weighted by molar-refractivity contribution is 14.1. The van der Waals surface area contributed by atoms with Gasteiger partial charge in [0.15, 0.2) is 34.9 Å². The topological polar surface area (TPSA) is 59.3 Å². The van der Waals surface area contributed by atoms with E-state index >= 15 is 0 Å². The summed E-state index contributed by atoms with van der Waals surface area (Å²) in [6.45, 7) is 1.62. The van der Waals surface area contributed by atoms with Crippen LogP contribution in [0.5, 0.6) is 0 Å². The van der Waals surface area contributed by atoms with E-state index in [2.05, 4.69) is 32.4 Å². The molecule has 0 fully saturated rings. The zero-order valence-electron chi connectivity index (χ0n) is 19.0.